The molecule has 0 aliphatic heterocycles. The van der Waals surface area contributed by atoms with Gasteiger partial charge < -0.3 is 10.6 Å². The maximum absolute atomic E-state index is 11.7. The predicted octanol–water partition coefficient (Wildman–Crippen LogP) is 2.09. The molecule has 0 aromatic carbocycles. The second-order valence-corrected chi connectivity index (χ2v) is 5.67. The van der Waals surface area contributed by atoms with Crippen LogP contribution in [0.4, 0.5) is 0 Å². The molecular formula is C13H20BrN3O. The summed E-state index contributed by atoms with van der Waals surface area (Å²) in [7, 11) is 0. The molecule has 1 atom stereocenters. The number of aromatic nitrogens is 1. The molecule has 18 heavy (non-hydrogen) atoms. The van der Waals surface area contributed by atoms with Crippen LogP contribution < -0.4 is 10.6 Å². The van der Waals surface area contributed by atoms with Crippen LogP contribution in [0.15, 0.2) is 22.9 Å². The number of nitrogens with one attached hydrogen (secondary N) is 2. The summed E-state index contributed by atoms with van der Waals surface area (Å²) < 4.78 is 0.943. The minimum absolute atomic E-state index is 0.0339. The van der Waals surface area contributed by atoms with Crippen LogP contribution in [0, 0.1) is 5.92 Å². The molecule has 1 heterocycles. The average molecular weight is 314 g/mol. The first-order chi connectivity index (χ1) is 8.49. The number of hydrogen-bond acceptors (Lipinski definition) is 3. The van der Waals surface area contributed by atoms with E-state index in [4.69, 9.17) is 0 Å². The van der Waals surface area contributed by atoms with Crippen molar-refractivity contribution in [2.45, 2.75) is 33.4 Å². The quantitative estimate of drug-likeness (QED) is 0.845. The van der Waals surface area contributed by atoms with Gasteiger partial charge in [0.25, 0.3) is 0 Å². The van der Waals surface area contributed by atoms with Gasteiger partial charge >= 0.3 is 0 Å². The van der Waals surface area contributed by atoms with Crippen LogP contribution in [0.1, 0.15) is 26.3 Å². The van der Waals surface area contributed by atoms with E-state index < -0.39 is 0 Å². The third-order valence-electron chi connectivity index (χ3n) is 2.45. The third kappa shape index (κ3) is 5.60. The Balaban J connectivity index is 2.36. The van der Waals surface area contributed by atoms with Gasteiger partial charge in [0.15, 0.2) is 0 Å². The minimum Gasteiger partial charge on any atom is -0.354 e. The monoisotopic (exact) mass is 313 g/mol. The SMILES string of the molecule is CC(C)CNC(=O)C(C)NCc1cncc(Br)c1. The van der Waals surface area contributed by atoms with Crippen molar-refractivity contribution in [1.82, 2.24) is 15.6 Å². The van der Waals surface area contributed by atoms with Gasteiger partial charge in [0, 0.05) is 30.0 Å². The number of amides is 1. The molecule has 1 rings (SSSR count). The molecule has 2 N–H and O–H groups in total. The summed E-state index contributed by atoms with van der Waals surface area (Å²) in [5.74, 6) is 0.502. The van der Waals surface area contributed by atoms with Crippen LogP contribution >= 0.6 is 15.9 Å². The molecule has 5 heteroatoms. The maximum Gasteiger partial charge on any atom is 0.236 e. The molecule has 0 spiro atoms. The van der Waals surface area contributed by atoms with Crippen LogP contribution in [0.5, 0.6) is 0 Å². The molecule has 0 saturated heterocycles. The summed E-state index contributed by atoms with van der Waals surface area (Å²) in [6, 6.07) is 1.78. The van der Waals surface area contributed by atoms with Gasteiger partial charge in [-0.1, -0.05) is 13.8 Å². The lowest BCUT2D eigenvalue weighted by molar-refractivity contribution is -0.122. The largest absolute Gasteiger partial charge is 0.354 e. The fraction of sp³-hybridized carbons (Fsp3) is 0.538. The van der Waals surface area contributed by atoms with Crippen LogP contribution in [0.2, 0.25) is 0 Å². The first-order valence-electron chi connectivity index (χ1n) is 6.09. The van der Waals surface area contributed by atoms with Crippen LogP contribution in [-0.4, -0.2) is 23.5 Å². The number of hydrogen-bond donors (Lipinski definition) is 2. The van der Waals surface area contributed by atoms with E-state index in [2.05, 4.69) is 45.4 Å². The number of nitrogens with zero attached hydrogens (tertiary/aromatic N) is 1. The Labute approximate surface area is 117 Å². The summed E-state index contributed by atoms with van der Waals surface area (Å²) in [4.78, 5) is 15.8. The fourth-order valence-electron chi connectivity index (χ4n) is 1.37. The highest BCUT2D eigenvalue weighted by Crippen LogP contribution is 2.09. The third-order valence-corrected chi connectivity index (χ3v) is 2.89. The Hall–Kier alpha value is -0.940. The van der Waals surface area contributed by atoms with E-state index >= 15 is 0 Å². The summed E-state index contributed by atoms with van der Waals surface area (Å²) in [5, 5.41) is 6.08. The lowest BCUT2D eigenvalue weighted by Gasteiger charge is -2.15. The molecule has 0 fully saturated rings. The number of halogens is 1. The highest BCUT2D eigenvalue weighted by Gasteiger charge is 2.11. The summed E-state index contributed by atoms with van der Waals surface area (Å²) in [5.41, 5.74) is 1.05. The Morgan fingerprint density at radius 3 is 2.72 bits per heavy atom. The van der Waals surface area contributed by atoms with E-state index in [1.165, 1.54) is 0 Å². The first-order valence-corrected chi connectivity index (χ1v) is 6.89. The molecule has 1 unspecified atom stereocenters. The molecule has 4 nitrogen and oxygen atoms in total. The highest BCUT2D eigenvalue weighted by molar-refractivity contribution is 9.10. The minimum atomic E-state index is -0.206. The van der Waals surface area contributed by atoms with Crippen molar-refractivity contribution < 1.29 is 4.79 Å². The average Bonchev–Trinajstić information content (AvgIpc) is 2.33. The first kappa shape index (κ1) is 15.1. The van der Waals surface area contributed by atoms with Crippen molar-refractivity contribution in [3.63, 3.8) is 0 Å². The standard InChI is InChI=1S/C13H20BrN3O/c1-9(2)5-17-13(18)10(3)16-7-11-4-12(14)8-15-6-11/h4,6,8-10,16H,5,7H2,1-3H3,(H,17,18). The number of pyridine rings is 1. The zero-order chi connectivity index (χ0) is 13.5. The van der Waals surface area contributed by atoms with Gasteiger partial charge in [-0.15, -0.1) is 0 Å². The van der Waals surface area contributed by atoms with Crippen molar-refractivity contribution in [2.24, 2.45) is 5.92 Å². The lowest BCUT2D eigenvalue weighted by Crippen LogP contribution is -2.42. The van der Waals surface area contributed by atoms with Crippen LogP contribution in [0.25, 0.3) is 0 Å². The van der Waals surface area contributed by atoms with Crippen LogP contribution in [-0.2, 0) is 11.3 Å². The van der Waals surface area contributed by atoms with Gasteiger partial charge in [-0.05, 0) is 40.4 Å². The van der Waals surface area contributed by atoms with Gasteiger partial charge in [0.05, 0.1) is 6.04 Å². The lowest BCUT2D eigenvalue weighted by atomic mass is 10.2. The number of carbonyl (C=O) groups excluding carboxylic acids is 1. The second-order valence-electron chi connectivity index (χ2n) is 4.75. The highest BCUT2D eigenvalue weighted by atomic mass is 79.9. The van der Waals surface area contributed by atoms with Gasteiger partial charge in [-0.25, -0.2) is 0 Å². The van der Waals surface area contributed by atoms with E-state index in [1.807, 2.05) is 13.0 Å². The fourth-order valence-corrected chi connectivity index (χ4v) is 1.79. The number of carbonyl (C=O) groups is 1. The molecule has 0 aliphatic rings. The Bertz CT molecular complexity index is 396. The summed E-state index contributed by atoms with van der Waals surface area (Å²) in [6.07, 6.45) is 3.53. The smallest absolute Gasteiger partial charge is 0.236 e. The Morgan fingerprint density at radius 1 is 1.39 bits per heavy atom. The van der Waals surface area contributed by atoms with Crippen molar-refractivity contribution in [1.29, 1.82) is 0 Å². The molecule has 0 aliphatic carbocycles. The Morgan fingerprint density at radius 2 is 2.11 bits per heavy atom. The molecule has 0 radical (unpaired) electrons. The molecule has 0 saturated carbocycles. The summed E-state index contributed by atoms with van der Waals surface area (Å²) in [6.45, 7) is 7.35. The van der Waals surface area contributed by atoms with Crippen molar-refractivity contribution >= 4 is 21.8 Å². The van der Waals surface area contributed by atoms with Gasteiger partial charge in [0.2, 0.25) is 5.91 Å². The number of rotatable bonds is 6. The Kier molecular flexibility index (Phi) is 6.29. The van der Waals surface area contributed by atoms with Crippen molar-refractivity contribution in [3.8, 4) is 0 Å². The molecule has 100 valence electrons. The van der Waals surface area contributed by atoms with Crippen molar-refractivity contribution in [3.05, 3.63) is 28.5 Å². The van der Waals surface area contributed by atoms with E-state index in [1.54, 1.807) is 12.4 Å². The van der Waals surface area contributed by atoms with E-state index in [9.17, 15) is 4.79 Å². The van der Waals surface area contributed by atoms with Gasteiger partial charge in [0.1, 0.15) is 0 Å². The van der Waals surface area contributed by atoms with Crippen molar-refractivity contribution in [2.75, 3.05) is 6.54 Å². The second kappa shape index (κ2) is 7.48. The van der Waals surface area contributed by atoms with Gasteiger partial charge in [-0.3, -0.25) is 9.78 Å². The molecule has 1 amide bonds. The van der Waals surface area contributed by atoms with E-state index in [-0.39, 0.29) is 11.9 Å². The topological polar surface area (TPSA) is 54.0 Å². The normalized spacial score (nSPS) is 12.5. The molecular weight excluding hydrogens is 294 g/mol. The summed E-state index contributed by atoms with van der Waals surface area (Å²) >= 11 is 3.37. The van der Waals surface area contributed by atoms with E-state index in [0.717, 1.165) is 10.0 Å². The molecule has 0 bridgehead atoms. The van der Waals surface area contributed by atoms with Crippen LogP contribution in [0.3, 0.4) is 0 Å². The maximum atomic E-state index is 11.7. The molecule has 1 aromatic rings. The predicted molar refractivity (Wildman–Crippen MR) is 76.1 cm³/mol. The van der Waals surface area contributed by atoms with E-state index in [0.29, 0.717) is 19.0 Å². The zero-order valence-electron chi connectivity index (χ0n) is 11.0. The van der Waals surface area contributed by atoms with Gasteiger partial charge in [-0.2, -0.15) is 0 Å². The molecule has 1 aromatic heterocycles. The zero-order valence-corrected chi connectivity index (χ0v) is 12.6.